The van der Waals surface area contributed by atoms with Gasteiger partial charge in [0.2, 0.25) is 5.70 Å². The van der Waals surface area contributed by atoms with Crippen LogP contribution in [0.3, 0.4) is 0 Å². The Morgan fingerprint density at radius 3 is 3.00 bits per heavy atom. The molecule has 0 aromatic rings. The smallest absolute Gasteiger partial charge is 0.250 e. The second-order valence-electron chi connectivity index (χ2n) is 4.20. The molecule has 22 heavy (non-hydrogen) atoms. The van der Waals surface area contributed by atoms with Crippen LogP contribution >= 0.6 is 11.6 Å². The molecule has 1 aliphatic rings. The van der Waals surface area contributed by atoms with Crippen molar-refractivity contribution >= 4 is 17.8 Å². The Kier molecular flexibility index (Phi) is 7.25. The molecule has 0 aromatic heterocycles. The lowest BCUT2D eigenvalue weighted by Gasteiger charge is -2.13. The molecule has 0 saturated heterocycles. The van der Waals surface area contributed by atoms with Gasteiger partial charge in [-0.25, -0.2) is 4.39 Å². The van der Waals surface area contributed by atoms with Crippen LogP contribution in [0.1, 0.15) is 13.3 Å². The molecule has 7 heteroatoms. The molecule has 0 N–H and O–H groups in total. The standard InChI is InChI=1S/C15H16ClFN2O3/c1-3-13(9-11(16)10-18-4-2)22-15-8-6-12(19(20)21)5-7-14(15)17/h3,6-10,13H,1,4-5H2,2H3/b11-9?,18-10-. The maximum absolute atomic E-state index is 13.9. The average molecular weight is 327 g/mol. The van der Waals surface area contributed by atoms with Gasteiger partial charge in [0, 0.05) is 18.8 Å². The zero-order valence-corrected chi connectivity index (χ0v) is 12.8. The highest BCUT2D eigenvalue weighted by atomic mass is 35.5. The summed E-state index contributed by atoms with van der Waals surface area (Å²) in [5.41, 5.74) is -0.118. The number of rotatable bonds is 7. The maximum Gasteiger partial charge on any atom is 0.250 e. The quantitative estimate of drug-likeness (QED) is 0.306. The summed E-state index contributed by atoms with van der Waals surface area (Å²) in [4.78, 5) is 14.1. The molecule has 0 spiro atoms. The first-order valence-corrected chi connectivity index (χ1v) is 6.93. The minimum absolute atomic E-state index is 0.110. The third kappa shape index (κ3) is 5.65. The molecule has 0 aromatic carbocycles. The van der Waals surface area contributed by atoms with E-state index in [0.29, 0.717) is 11.6 Å². The Bertz CT molecular complexity index is 592. The summed E-state index contributed by atoms with van der Waals surface area (Å²) in [6, 6.07) is 0. The van der Waals surface area contributed by atoms with E-state index in [2.05, 4.69) is 11.6 Å². The van der Waals surface area contributed by atoms with Crippen molar-refractivity contribution in [2.45, 2.75) is 19.4 Å². The topological polar surface area (TPSA) is 64.7 Å². The predicted molar refractivity (Wildman–Crippen MR) is 85.0 cm³/mol. The van der Waals surface area contributed by atoms with Gasteiger partial charge in [0.1, 0.15) is 6.10 Å². The van der Waals surface area contributed by atoms with Crippen LogP contribution in [-0.2, 0) is 4.74 Å². The molecule has 0 aliphatic heterocycles. The minimum Gasteiger partial charge on any atom is -0.479 e. The number of hydrogen-bond acceptors (Lipinski definition) is 4. The van der Waals surface area contributed by atoms with Crippen LogP contribution in [0, 0.1) is 10.1 Å². The fraction of sp³-hybridized carbons (Fsp3) is 0.267. The molecule has 0 fully saturated rings. The lowest BCUT2D eigenvalue weighted by molar-refractivity contribution is -0.426. The Hall–Kier alpha value is -2.21. The molecule has 0 bridgehead atoms. The molecule has 5 nitrogen and oxygen atoms in total. The first-order chi connectivity index (χ1) is 10.5. The van der Waals surface area contributed by atoms with Gasteiger partial charge in [-0.2, -0.15) is 0 Å². The van der Waals surface area contributed by atoms with Gasteiger partial charge in [-0.15, -0.1) is 0 Å². The van der Waals surface area contributed by atoms with E-state index >= 15 is 0 Å². The third-order valence-corrected chi connectivity index (χ3v) is 2.83. The van der Waals surface area contributed by atoms with Crippen molar-refractivity contribution in [3.05, 3.63) is 69.4 Å². The summed E-state index contributed by atoms with van der Waals surface area (Å²) in [6.07, 6.45) is 7.12. The van der Waals surface area contributed by atoms with Crippen molar-refractivity contribution in [3.63, 3.8) is 0 Å². The monoisotopic (exact) mass is 326 g/mol. The molecule has 0 amide bonds. The fourth-order valence-electron chi connectivity index (χ4n) is 1.52. The molecule has 1 rings (SSSR count). The normalized spacial score (nSPS) is 17.2. The highest BCUT2D eigenvalue weighted by molar-refractivity contribution is 6.39. The van der Waals surface area contributed by atoms with Crippen LogP contribution in [0.25, 0.3) is 0 Å². The van der Waals surface area contributed by atoms with E-state index in [9.17, 15) is 14.5 Å². The minimum atomic E-state index is -0.688. The fourth-order valence-corrected chi connectivity index (χ4v) is 1.71. The first-order valence-electron chi connectivity index (χ1n) is 6.55. The van der Waals surface area contributed by atoms with Crippen LogP contribution in [0.5, 0.6) is 0 Å². The summed E-state index contributed by atoms with van der Waals surface area (Å²) >= 11 is 5.94. The zero-order valence-electron chi connectivity index (χ0n) is 12.0. The molecule has 0 saturated carbocycles. The van der Waals surface area contributed by atoms with Crippen molar-refractivity contribution in [2.75, 3.05) is 6.54 Å². The zero-order chi connectivity index (χ0) is 16.5. The lowest BCUT2D eigenvalue weighted by Crippen LogP contribution is -2.07. The van der Waals surface area contributed by atoms with E-state index in [1.165, 1.54) is 30.5 Å². The van der Waals surface area contributed by atoms with E-state index in [1.54, 1.807) is 0 Å². The summed E-state index contributed by atoms with van der Waals surface area (Å²) < 4.78 is 19.3. The van der Waals surface area contributed by atoms with Crippen molar-refractivity contribution in [2.24, 2.45) is 4.99 Å². The van der Waals surface area contributed by atoms with E-state index in [1.807, 2.05) is 6.92 Å². The second-order valence-corrected chi connectivity index (χ2v) is 4.64. The number of halogens is 2. The third-order valence-electron chi connectivity index (χ3n) is 2.60. The van der Waals surface area contributed by atoms with E-state index in [4.69, 9.17) is 16.3 Å². The molecule has 0 radical (unpaired) electrons. The Labute approximate surface area is 133 Å². The molecular weight excluding hydrogens is 311 g/mol. The molecule has 1 aliphatic carbocycles. The van der Waals surface area contributed by atoms with Gasteiger partial charge in [0.15, 0.2) is 11.6 Å². The lowest BCUT2D eigenvalue weighted by atomic mass is 10.3. The van der Waals surface area contributed by atoms with Crippen LogP contribution in [0.2, 0.25) is 0 Å². The van der Waals surface area contributed by atoms with Gasteiger partial charge in [-0.1, -0.05) is 18.2 Å². The van der Waals surface area contributed by atoms with Crippen LogP contribution < -0.4 is 0 Å². The number of nitro groups is 1. The van der Waals surface area contributed by atoms with Gasteiger partial charge >= 0.3 is 0 Å². The molecule has 1 atom stereocenters. The Balaban J connectivity index is 2.92. The Morgan fingerprint density at radius 2 is 2.41 bits per heavy atom. The highest BCUT2D eigenvalue weighted by Gasteiger charge is 2.17. The van der Waals surface area contributed by atoms with E-state index in [-0.39, 0.29) is 17.9 Å². The number of aliphatic imine (C=N–C) groups is 1. The van der Waals surface area contributed by atoms with Crippen LogP contribution in [0.4, 0.5) is 4.39 Å². The largest absolute Gasteiger partial charge is 0.479 e. The number of nitrogens with zero attached hydrogens (tertiary/aromatic N) is 2. The predicted octanol–water partition coefficient (Wildman–Crippen LogP) is 4.07. The number of hydrogen-bond donors (Lipinski definition) is 0. The van der Waals surface area contributed by atoms with E-state index in [0.717, 1.165) is 6.08 Å². The van der Waals surface area contributed by atoms with Crippen LogP contribution in [-0.4, -0.2) is 23.8 Å². The average Bonchev–Trinajstić information content (AvgIpc) is 2.67. The summed E-state index contributed by atoms with van der Waals surface area (Å²) in [5, 5.41) is 11.0. The summed E-state index contributed by atoms with van der Waals surface area (Å²) in [6.45, 7) is 6.03. The Morgan fingerprint density at radius 1 is 1.68 bits per heavy atom. The molecule has 118 valence electrons. The van der Waals surface area contributed by atoms with Crippen molar-refractivity contribution in [1.82, 2.24) is 0 Å². The summed E-state index contributed by atoms with van der Waals surface area (Å²) in [5.74, 6) is -0.790. The summed E-state index contributed by atoms with van der Waals surface area (Å²) in [7, 11) is 0. The van der Waals surface area contributed by atoms with Gasteiger partial charge in [0.05, 0.1) is 16.4 Å². The van der Waals surface area contributed by atoms with E-state index < -0.39 is 16.9 Å². The number of ether oxygens (including phenoxy) is 1. The molecule has 0 heterocycles. The molecular formula is C15H16ClFN2O3. The van der Waals surface area contributed by atoms with Gasteiger partial charge in [-0.05, 0) is 31.2 Å². The van der Waals surface area contributed by atoms with Gasteiger partial charge in [0.25, 0.3) is 0 Å². The van der Waals surface area contributed by atoms with Crippen molar-refractivity contribution in [1.29, 1.82) is 0 Å². The van der Waals surface area contributed by atoms with Crippen molar-refractivity contribution < 1.29 is 14.1 Å². The number of allylic oxidation sites excluding steroid dienone is 5. The van der Waals surface area contributed by atoms with Gasteiger partial charge in [-0.3, -0.25) is 15.1 Å². The van der Waals surface area contributed by atoms with Gasteiger partial charge < -0.3 is 4.74 Å². The maximum atomic E-state index is 13.9. The van der Waals surface area contributed by atoms with Crippen LogP contribution in [0.15, 0.2) is 64.3 Å². The second kappa shape index (κ2) is 8.94. The molecule has 1 unspecified atom stereocenters. The highest BCUT2D eigenvalue weighted by Crippen LogP contribution is 2.23. The first kappa shape index (κ1) is 17.8. The van der Waals surface area contributed by atoms with Crippen molar-refractivity contribution in [3.8, 4) is 0 Å². The SMILES string of the molecule is C=CC(C=C(Cl)/C=N\CC)OC1=CC=C([N+](=O)[O-])CC=C1F.